The van der Waals surface area contributed by atoms with Crippen molar-refractivity contribution in [2.75, 3.05) is 26.2 Å². The number of esters is 1. The molecule has 0 saturated carbocycles. The molecule has 1 aliphatic rings. The lowest BCUT2D eigenvalue weighted by Crippen LogP contribution is -2.44. The first-order chi connectivity index (χ1) is 27.7. The van der Waals surface area contributed by atoms with Crippen molar-refractivity contribution in [2.24, 2.45) is 5.92 Å². The number of piperidine rings is 1. The zero-order valence-electron chi connectivity index (χ0n) is 35.0. The van der Waals surface area contributed by atoms with Crippen LogP contribution < -0.4 is 0 Å². The maximum atomic E-state index is 12.5. The zero-order chi connectivity index (χ0) is 40.8. The molecule has 3 aromatic carbocycles. The minimum absolute atomic E-state index is 0.0969. The monoisotopic (exact) mass is 782 g/mol. The van der Waals surface area contributed by atoms with E-state index in [1.165, 1.54) is 51.4 Å². The van der Waals surface area contributed by atoms with Gasteiger partial charge < -0.3 is 25.0 Å². The van der Waals surface area contributed by atoms with Gasteiger partial charge in [-0.15, -0.1) is 0 Å². The molecule has 312 valence electrons. The third kappa shape index (κ3) is 14.5. The highest BCUT2D eigenvalue weighted by Crippen LogP contribution is 2.42. The van der Waals surface area contributed by atoms with E-state index in [-0.39, 0.29) is 18.5 Å². The van der Waals surface area contributed by atoms with Gasteiger partial charge in [0.2, 0.25) is 0 Å². The Hall–Kier alpha value is -3.78. The number of hydrogen-bond donors (Lipinski definition) is 3. The molecule has 4 rings (SSSR count). The molecule has 3 N–H and O–H groups in total. The number of carbonyl (C=O) groups is 2. The number of likely N-dealkylation sites (tertiary alicyclic amines) is 1. The van der Waals surface area contributed by atoms with Gasteiger partial charge in [-0.1, -0.05) is 155 Å². The summed E-state index contributed by atoms with van der Waals surface area (Å²) in [4.78, 5) is 27.4. The van der Waals surface area contributed by atoms with Crippen molar-refractivity contribution in [1.82, 2.24) is 4.90 Å². The summed E-state index contributed by atoms with van der Waals surface area (Å²) in [6.45, 7) is 6.22. The Bertz CT molecular complexity index is 1540. The van der Waals surface area contributed by atoms with Gasteiger partial charge in [0.25, 0.3) is 0 Å². The van der Waals surface area contributed by atoms with Crippen LogP contribution in [0.2, 0.25) is 0 Å². The summed E-state index contributed by atoms with van der Waals surface area (Å²) in [6, 6.07) is 27.0. The first kappa shape index (κ1) is 45.9. The molecule has 0 radical (unpaired) electrons. The fraction of sp³-hybridized carbons (Fsp3) is 0.560. The number of aliphatic hydroxyl groups is 2. The topological polar surface area (TPSA) is 107 Å². The van der Waals surface area contributed by atoms with Crippen molar-refractivity contribution in [2.45, 2.75) is 147 Å². The molecule has 57 heavy (non-hydrogen) atoms. The maximum absolute atomic E-state index is 12.5. The standard InChI is InChI=1S/C50H71NO6/c1-3-4-5-6-7-8-9-10-11-12-13-14-15-16-23-30-47(53)57-40-49(2,48(54)55)42-33-31-41(32-34-42)46(52)29-24-37-51-38-35-45(36-39-51)50(56,43-25-19-17-20-26-43)44-27-21-18-22-28-44/h10-11,17-22,25-28,31-34,45-46,52,56H,3-9,12-16,23-24,29-30,35-40H2,1-2H3,(H,54,55)/b11-10-. The highest BCUT2D eigenvalue weighted by Gasteiger charge is 2.41. The van der Waals surface area contributed by atoms with E-state index in [0.717, 1.165) is 87.7 Å². The number of hydrogen-bond acceptors (Lipinski definition) is 6. The van der Waals surface area contributed by atoms with E-state index in [9.17, 15) is 24.9 Å². The quantitative estimate of drug-likeness (QED) is 0.0401. The Morgan fingerprint density at radius 1 is 0.737 bits per heavy atom. The number of ether oxygens (including phenoxy) is 1. The molecule has 1 saturated heterocycles. The first-order valence-corrected chi connectivity index (χ1v) is 22.1. The Balaban J connectivity index is 1.12. The molecule has 0 aliphatic carbocycles. The molecular formula is C50H71NO6. The van der Waals surface area contributed by atoms with Gasteiger partial charge in [0.05, 0.1) is 6.10 Å². The number of aliphatic carboxylic acids is 1. The van der Waals surface area contributed by atoms with Crippen LogP contribution in [0.15, 0.2) is 97.1 Å². The summed E-state index contributed by atoms with van der Waals surface area (Å²) in [6.07, 6.45) is 22.8. The lowest BCUT2D eigenvalue weighted by Gasteiger charge is -2.42. The summed E-state index contributed by atoms with van der Waals surface area (Å²) < 4.78 is 5.50. The second-order valence-corrected chi connectivity index (χ2v) is 16.5. The van der Waals surface area contributed by atoms with E-state index in [2.05, 4.69) is 24.0 Å². The van der Waals surface area contributed by atoms with Gasteiger partial charge in [-0.25, -0.2) is 0 Å². The Morgan fingerprint density at radius 3 is 1.81 bits per heavy atom. The van der Waals surface area contributed by atoms with E-state index in [4.69, 9.17) is 4.74 Å². The van der Waals surface area contributed by atoms with Crippen LogP contribution in [-0.4, -0.2) is 58.4 Å². The molecule has 1 fully saturated rings. The fourth-order valence-electron chi connectivity index (χ4n) is 8.25. The van der Waals surface area contributed by atoms with Crippen LogP contribution in [0.4, 0.5) is 0 Å². The molecule has 7 nitrogen and oxygen atoms in total. The van der Waals surface area contributed by atoms with Crippen molar-refractivity contribution >= 4 is 11.9 Å². The third-order valence-corrected chi connectivity index (χ3v) is 12.1. The molecule has 3 aromatic rings. The molecule has 0 bridgehead atoms. The molecule has 0 aromatic heterocycles. The number of carbonyl (C=O) groups excluding carboxylic acids is 1. The number of allylic oxidation sites excluding steroid dienone is 2. The predicted octanol–water partition coefficient (Wildman–Crippen LogP) is 11.1. The van der Waals surface area contributed by atoms with Crippen molar-refractivity contribution in [3.05, 3.63) is 119 Å². The van der Waals surface area contributed by atoms with Crippen LogP contribution in [0.3, 0.4) is 0 Å². The fourth-order valence-corrected chi connectivity index (χ4v) is 8.25. The van der Waals surface area contributed by atoms with Crippen LogP contribution >= 0.6 is 0 Å². The SMILES string of the molecule is CCCCCCCC/C=C\CCCCCCCC(=O)OCC(C)(C(=O)O)c1ccc(C(O)CCCN2CCC(C(O)(c3ccccc3)c3ccccc3)CC2)cc1. The van der Waals surface area contributed by atoms with Crippen molar-refractivity contribution in [3.63, 3.8) is 0 Å². The van der Waals surface area contributed by atoms with Crippen LogP contribution in [-0.2, 0) is 25.3 Å². The molecule has 1 aliphatic heterocycles. The third-order valence-electron chi connectivity index (χ3n) is 12.1. The zero-order valence-corrected chi connectivity index (χ0v) is 35.0. The normalized spacial score (nSPS) is 15.7. The molecule has 1 heterocycles. The molecule has 0 amide bonds. The summed E-state index contributed by atoms with van der Waals surface area (Å²) in [5.41, 5.74) is 0.700. The van der Waals surface area contributed by atoms with Gasteiger partial charge in [0, 0.05) is 6.42 Å². The number of unbranched alkanes of at least 4 members (excludes halogenated alkanes) is 11. The van der Waals surface area contributed by atoms with Crippen molar-refractivity contribution in [1.29, 1.82) is 0 Å². The van der Waals surface area contributed by atoms with E-state index < -0.39 is 23.1 Å². The van der Waals surface area contributed by atoms with Gasteiger partial charge >= 0.3 is 11.9 Å². The lowest BCUT2D eigenvalue weighted by molar-refractivity contribution is -0.152. The van der Waals surface area contributed by atoms with E-state index in [1.807, 2.05) is 60.7 Å². The molecule has 7 heteroatoms. The van der Waals surface area contributed by atoms with Crippen LogP contribution in [0.25, 0.3) is 0 Å². The lowest BCUT2D eigenvalue weighted by atomic mass is 9.72. The number of nitrogens with zero attached hydrogens (tertiary/aromatic N) is 1. The Labute approximate surface area is 343 Å². The summed E-state index contributed by atoms with van der Waals surface area (Å²) >= 11 is 0. The van der Waals surface area contributed by atoms with Crippen LogP contribution in [0.1, 0.15) is 158 Å². The highest BCUT2D eigenvalue weighted by molar-refractivity contribution is 5.81. The van der Waals surface area contributed by atoms with Crippen molar-refractivity contribution in [3.8, 4) is 0 Å². The van der Waals surface area contributed by atoms with Crippen molar-refractivity contribution < 1.29 is 29.6 Å². The minimum atomic E-state index is -1.39. The predicted molar refractivity (Wildman–Crippen MR) is 231 cm³/mol. The average molecular weight is 782 g/mol. The van der Waals surface area contributed by atoms with Gasteiger partial charge in [-0.3, -0.25) is 9.59 Å². The second kappa shape index (κ2) is 24.9. The number of aliphatic hydroxyl groups excluding tert-OH is 1. The molecule has 2 atom stereocenters. The van der Waals surface area contributed by atoms with Gasteiger partial charge in [0.1, 0.15) is 17.6 Å². The van der Waals surface area contributed by atoms with Crippen LogP contribution in [0.5, 0.6) is 0 Å². The smallest absolute Gasteiger partial charge is 0.317 e. The molecule has 2 unspecified atom stereocenters. The van der Waals surface area contributed by atoms with E-state index >= 15 is 0 Å². The number of rotatable bonds is 27. The highest BCUT2D eigenvalue weighted by atomic mass is 16.5. The van der Waals surface area contributed by atoms with E-state index in [1.54, 1.807) is 31.2 Å². The maximum Gasteiger partial charge on any atom is 0.317 e. The summed E-state index contributed by atoms with van der Waals surface area (Å²) in [5, 5.41) is 33.4. The molecular weight excluding hydrogens is 711 g/mol. The Morgan fingerprint density at radius 2 is 1.26 bits per heavy atom. The number of carboxylic acid groups (broad SMARTS) is 1. The average Bonchev–Trinajstić information content (AvgIpc) is 3.24. The van der Waals surface area contributed by atoms with Crippen LogP contribution in [0, 0.1) is 5.92 Å². The van der Waals surface area contributed by atoms with Gasteiger partial charge in [0.15, 0.2) is 0 Å². The minimum Gasteiger partial charge on any atom is -0.480 e. The second-order valence-electron chi connectivity index (χ2n) is 16.5. The van der Waals surface area contributed by atoms with Gasteiger partial charge in [-0.2, -0.15) is 0 Å². The summed E-state index contributed by atoms with van der Waals surface area (Å²) in [5.74, 6) is -1.32. The van der Waals surface area contributed by atoms with Gasteiger partial charge in [-0.05, 0) is 113 Å². The van der Waals surface area contributed by atoms with E-state index in [0.29, 0.717) is 18.4 Å². The molecule has 0 spiro atoms. The summed E-state index contributed by atoms with van der Waals surface area (Å²) in [7, 11) is 0. The first-order valence-electron chi connectivity index (χ1n) is 22.1. The number of benzene rings is 3. The Kier molecular flexibility index (Phi) is 20.0. The largest absolute Gasteiger partial charge is 0.480 e. The number of carboxylic acids is 1.